The molecular weight excluding hydrogens is 344 g/mol. The molecule has 0 amide bonds. The first-order valence-corrected chi connectivity index (χ1v) is 7.08. The molecule has 0 aliphatic heterocycles. The first-order chi connectivity index (χ1) is 9.63. The zero-order valence-electron chi connectivity index (χ0n) is 10.8. The molecule has 0 radical (unpaired) electrons. The van der Waals surface area contributed by atoms with Crippen molar-refractivity contribution in [2.45, 2.75) is 6.54 Å². The van der Waals surface area contributed by atoms with Gasteiger partial charge in [-0.15, -0.1) is 0 Å². The highest BCUT2D eigenvalue weighted by Crippen LogP contribution is 2.41. The standard InChI is InChI=1S/C14H14BrClN2O2/c1-20-11-7-9(12(15)13(16)14(11)19)8-17-18-10-5-3-2-4-6-10/h2-7,17-19H,8H2,1H3. The molecule has 0 aromatic heterocycles. The number of hydrazine groups is 1. The van der Waals surface area contributed by atoms with Gasteiger partial charge in [0, 0.05) is 16.7 Å². The van der Waals surface area contributed by atoms with Crippen molar-refractivity contribution in [3.63, 3.8) is 0 Å². The van der Waals surface area contributed by atoms with Crippen molar-refractivity contribution in [3.05, 3.63) is 51.5 Å². The average molecular weight is 358 g/mol. The van der Waals surface area contributed by atoms with Crippen LogP contribution in [0.25, 0.3) is 0 Å². The zero-order valence-corrected chi connectivity index (χ0v) is 13.1. The summed E-state index contributed by atoms with van der Waals surface area (Å²) in [5.41, 5.74) is 7.98. The topological polar surface area (TPSA) is 53.5 Å². The Kier molecular flexibility index (Phi) is 5.11. The van der Waals surface area contributed by atoms with Crippen molar-refractivity contribution >= 4 is 33.2 Å². The van der Waals surface area contributed by atoms with Crippen LogP contribution in [0.2, 0.25) is 5.02 Å². The number of hydrogen-bond acceptors (Lipinski definition) is 4. The summed E-state index contributed by atoms with van der Waals surface area (Å²) < 4.78 is 5.72. The van der Waals surface area contributed by atoms with Crippen LogP contribution in [-0.2, 0) is 6.54 Å². The number of anilines is 1. The van der Waals surface area contributed by atoms with Gasteiger partial charge in [-0.25, -0.2) is 5.43 Å². The molecular formula is C14H14BrClN2O2. The Labute approximate surface area is 130 Å². The maximum atomic E-state index is 9.78. The van der Waals surface area contributed by atoms with E-state index in [-0.39, 0.29) is 10.8 Å². The fraction of sp³-hybridized carbons (Fsp3) is 0.143. The normalized spacial score (nSPS) is 10.3. The van der Waals surface area contributed by atoms with Crippen LogP contribution in [0.1, 0.15) is 5.56 Å². The van der Waals surface area contributed by atoms with E-state index in [1.807, 2.05) is 30.3 Å². The minimum absolute atomic E-state index is 0.0687. The van der Waals surface area contributed by atoms with Gasteiger partial charge in [0.1, 0.15) is 5.02 Å². The minimum atomic E-state index is -0.0687. The molecule has 20 heavy (non-hydrogen) atoms. The van der Waals surface area contributed by atoms with Crippen LogP contribution in [0.5, 0.6) is 11.5 Å². The van der Waals surface area contributed by atoms with Gasteiger partial charge < -0.3 is 15.3 Å². The van der Waals surface area contributed by atoms with Crippen molar-refractivity contribution in [3.8, 4) is 11.5 Å². The molecule has 0 atom stereocenters. The number of para-hydroxylation sites is 1. The van der Waals surface area contributed by atoms with Crippen LogP contribution < -0.4 is 15.6 Å². The Hall–Kier alpha value is -1.43. The molecule has 2 aromatic rings. The van der Waals surface area contributed by atoms with Crippen LogP contribution in [0.15, 0.2) is 40.9 Å². The minimum Gasteiger partial charge on any atom is -0.503 e. The third kappa shape index (κ3) is 3.36. The van der Waals surface area contributed by atoms with Crippen molar-refractivity contribution in [2.75, 3.05) is 12.5 Å². The number of phenols is 1. The van der Waals surface area contributed by atoms with Gasteiger partial charge in [-0.2, -0.15) is 0 Å². The molecule has 0 unspecified atom stereocenters. The fourth-order valence-electron chi connectivity index (χ4n) is 1.69. The highest BCUT2D eigenvalue weighted by atomic mass is 79.9. The molecule has 0 aliphatic carbocycles. The summed E-state index contributed by atoms with van der Waals surface area (Å²) in [5.74, 6) is 0.274. The van der Waals surface area contributed by atoms with E-state index >= 15 is 0 Å². The molecule has 2 rings (SSSR count). The third-order valence-electron chi connectivity index (χ3n) is 2.73. The van der Waals surface area contributed by atoms with E-state index in [4.69, 9.17) is 16.3 Å². The van der Waals surface area contributed by atoms with Gasteiger partial charge in [-0.1, -0.05) is 29.8 Å². The van der Waals surface area contributed by atoms with Crippen molar-refractivity contribution in [1.82, 2.24) is 5.43 Å². The molecule has 3 N–H and O–H groups in total. The lowest BCUT2D eigenvalue weighted by atomic mass is 10.2. The molecule has 6 heteroatoms. The number of benzene rings is 2. The fourth-order valence-corrected chi connectivity index (χ4v) is 2.35. The summed E-state index contributed by atoms with van der Waals surface area (Å²) in [6, 6.07) is 11.5. The molecule has 0 bridgehead atoms. The van der Waals surface area contributed by atoms with Crippen LogP contribution in [0, 0.1) is 0 Å². The van der Waals surface area contributed by atoms with E-state index in [0.717, 1.165) is 11.3 Å². The molecule has 4 nitrogen and oxygen atoms in total. The number of rotatable bonds is 5. The number of phenolic OH excluding ortho intramolecular Hbond substituents is 1. The lowest BCUT2D eigenvalue weighted by Gasteiger charge is -2.13. The quantitative estimate of drug-likeness (QED) is 0.710. The molecule has 0 saturated carbocycles. The smallest absolute Gasteiger partial charge is 0.177 e. The van der Waals surface area contributed by atoms with Gasteiger partial charge in [0.15, 0.2) is 11.5 Å². The number of methoxy groups -OCH3 is 1. The van der Waals surface area contributed by atoms with Crippen molar-refractivity contribution in [1.29, 1.82) is 0 Å². The van der Waals surface area contributed by atoms with Gasteiger partial charge in [0.25, 0.3) is 0 Å². The second-order valence-electron chi connectivity index (χ2n) is 4.06. The molecule has 0 saturated heterocycles. The van der Waals surface area contributed by atoms with E-state index in [9.17, 15) is 5.11 Å². The van der Waals surface area contributed by atoms with Gasteiger partial charge in [-0.05, 0) is 39.7 Å². The average Bonchev–Trinajstić information content (AvgIpc) is 2.48. The SMILES string of the molecule is COc1cc(CNNc2ccccc2)c(Br)c(Cl)c1O. The summed E-state index contributed by atoms with van der Waals surface area (Å²) in [6.07, 6.45) is 0. The third-order valence-corrected chi connectivity index (χ3v) is 4.23. The molecule has 0 aliphatic rings. The predicted molar refractivity (Wildman–Crippen MR) is 84.3 cm³/mol. The van der Waals surface area contributed by atoms with Crippen molar-refractivity contribution in [2.24, 2.45) is 0 Å². The van der Waals surface area contributed by atoms with E-state index in [1.54, 1.807) is 6.07 Å². The summed E-state index contributed by atoms with van der Waals surface area (Å²) in [4.78, 5) is 0. The van der Waals surface area contributed by atoms with E-state index in [1.165, 1.54) is 7.11 Å². The number of nitrogens with one attached hydrogen (secondary N) is 2. The zero-order chi connectivity index (χ0) is 14.5. The Morgan fingerprint density at radius 1 is 1.30 bits per heavy atom. The number of hydrogen-bond donors (Lipinski definition) is 3. The van der Waals surface area contributed by atoms with Crippen LogP contribution in [-0.4, -0.2) is 12.2 Å². The number of halogens is 2. The summed E-state index contributed by atoms with van der Waals surface area (Å²) in [5, 5.41) is 10.0. The van der Waals surface area contributed by atoms with E-state index < -0.39 is 0 Å². The number of ether oxygens (including phenoxy) is 1. The molecule has 0 fully saturated rings. The molecule has 106 valence electrons. The first-order valence-electron chi connectivity index (χ1n) is 5.91. The van der Waals surface area contributed by atoms with Gasteiger partial charge in [-0.3, -0.25) is 0 Å². The monoisotopic (exact) mass is 356 g/mol. The Bertz CT molecular complexity index is 593. The Morgan fingerprint density at radius 3 is 2.65 bits per heavy atom. The summed E-state index contributed by atoms with van der Waals surface area (Å²) in [7, 11) is 1.48. The maximum Gasteiger partial charge on any atom is 0.177 e. The predicted octanol–water partition coefficient (Wildman–Crippen LogP) is 3.93. The van der Waals surface area contributed by atoms with Gasteiger partial charge in [0.05, 0.1) is 7.11 Å². The number of aromatic hydroxyl groups is 1. The maximum absolute atomic E-state index is 9.78. The second kappa shape index (κ2) is 6.83. The van der Waals surface area contributed by atoms with E-state index in [0.29, 0.717) is 16.8 Å². The molecule has 2 aromatic carbocycles. The van der Waals surface area contributed by atoms with Gasteiger partial charge in [0.2, 0.25) is 0 Å². The largest absolute Gasteiger partial charge is 0.503 e. The lowest BCUT2D eigenvalue weighted by molar-refractivity contribution is 0.372. The summed E-state index contributed by atoms with van der Waals surface area (Å²) >= 11 is 9.40. The Balaban J connectivity index is 2.08. The van der Waals surface area contributed by atoms with E-state index in [2.05, 4.69) is 26.8 Å². The molecule has 0 heterocycles. The highest BCUT2D eigenvalue weighted by Gasteiger charge is 2.14. The summed E-state index contributed by atoms with van der Waals surface area (Å²) in [6.45, 7) is 0.506. The van der Waals surface area contributed by atoms with Gasteiger partial charge >= 0.3 is 0 Å². The van der Waals surface area contributed by atoms with Crippen LogP contribution >= 0.6 is 27.5 Å². The highest BCUT2D eigenvalue weighted by molar-refractivity contribution is 9.10. The molecule has 0 spiro atoms. The Morgan fingerprint density at radius 2 is 2.00 bits per heavy atom. The lowest BCUT2D eigenvalue weighted by Crippen LogP contribution is -2.21. The first kappa shape index (κ1) is 15.0. The van der Waals surface area contributed by atoms with Crippen LogP contribution in [0.3, 0.4) is 0 Å². The van der Waals surface area contributed by atoms with Crippen LogP contribution in [0.4, 0.5) is 5.69 Å². The second-order valence-corrected chi connectivity index (χ2v) is 5.23. The van der Waals surface area contributed by atoms with Crippen molar-refractivity contribution < 1.29 is 9.84 Å².